The number of H-pyrrole nitrogens is 1. The second-order valence-corrected chi connectivity index (χ2v) is 5.43. The molecule has 0 radical (unpaired) electrons. The second kappa shape index (κ2) is 5.58. The molecule has 7 heteroatoms. The zero-order chi connectivity index (χ0) is 17.5. The third-order valence-corrected chi connectivity index (χ3v) is 3.71. The predicted molar refractivity (Wildman–Crippen MR) is 77.6 cm³/mol. The average molecular weight is 343 g/mol. The van der Waals surface area contributed by atoms with E-state index in [0.29, 0.717) is 11.8 Å². The van der Waals surface area contributed by atoms with E-state index in [-0.39, 0.29) is 18.1 Å². The third-order valence-electron chi connectivity index (χ3n) is 3.71. The maximum atomic E-state index is 13.1. The molecule has 1 aromatic heterocycles. The number of fused-ring (bicyclic) bond motifs is 1. The maximum Gasteiger partial charge on any atom is 0.416 e. The van der Waals surface area contributed by atoms with E-state index < -0.39 is 23.5 Å². The van der Waals surface area contributed by atoms with Gasteiger partial charge in [-0.05, 0) is 35.2 Å². The number of hydrogen-bond acceptors (Lipinski definition) is 0. The first-order valence-electron chi connectivity index (χ1n) is 6.98. The van der Waals surface area contributed by atoms with Gasteiger partial charge in [-0.15, -0.1) is 0 Å². The van der Waals surface area contributed by atoms with Crippen LogP contribution in [-0.4, -0.2) is 4.98 Å². The van der Waals surface area contributed by atoms with Crippen LogP contribution < -0.4 is 0 Å². The number of nitrogens with one attached hydrogen (secondary N) is 1. The zero-order valence-corrected chi connectivity index (χ0v) is 12.1. The fourth-order valence-corrected chi connectivity index (χ4v) is 2.60. The van der Waals surface area contributed by atoms with E-state index in [1.54, 1.807) is 30.3 Å². The summed E-state index contributed by atoms with van der Waals surface area (Å²) in [5, 5.41) is 0.827. The molecule has 0 saturated heterocycles. The van der Waals surface area contributed by atoms with Crippen molar-refractivity contribution < 1.29 is 26.3 Å². The maximum absolute atomic E-state index is 13.1. The summed E-state index contributed by atoms with van der Waals surface area (Å²) in [7, 11) is 0. The fourth-order valence-electron chi connectivity index (χ4n) is 2.60. The van der Waals surface area contributed by atoms with E-state index in [1.165, 1.54) is 0 Å². The quantitative estimate of drug-likeness (QED) is 0.566. The minimum atomic E-state index is -4.86. The first-order chi connectivity index (χ1) is 11.1. The first kappa shape index (κ1) is 16.4. The largest absolute Gasteiger partial charge is 0.416 e. The Bertz CT molecular complexity index is 840. The van der Waals surface area contributed by atoms with Crippen molar-refractivity contribution in [1.29, 1.82) is 0 Å². The zero-order valence-electron chi connectivity index (χ0n) is 12.1. The average Bonchev–Trinajstić information content (AvgIpc) is 2.87. The Morgan fingerprint density at radius 2 is 1.50 bits per heavy atom. The van der Waals surface area contributed by atoms with E-state index in [4.69, 9.17) is 0 Å². The van der Waals surface area contributed by atoms with Crippen LogP contribution in [-0.2, 0) is 18.8 Å². The summed E-state index contributed by atoms with van der Waals surface area (Å²) < 4.78 is 77.5. The number of benzene rings is 2. The van der Waals surface area contributed by atoms with E-state index in [1.807, 2.05) is 0 Å². The molecule has 24 heavy (non-hydrogen) atoms. The Morgan fingerprint density at radius 3 is 2.12 bits per heavy atom. The van der Waals surface area contributed by atoms with Crippen molar-refractivity contribution in [3.8, 4) is 0 Å². The summed E-state index contributed by atoms with van der Waals surface area (Å²) in [6.45, 7) is 0. The highest BCUT2D eigenvalue weighted by Gasteiger charge is 2.38. The molecular weight excluding hydrogens is 332 g/mol. The van der Waals surface area contributed by atoms with Gasteiger partial charge >= 0.3 is 12.4 Å². The molecule has 0 amide bonds. The van der Waals surface area contributed by atoms with Crippen molar-refractivity contribution in [2.24, 2.45) is 0 Å². The number of alkyl halides is 6. The number of aromatic amines is 1. The number of para-hydroxylation sites is 1. The molecule has 3 rings (SSSR count). The molecule has 0 spiro atoms. The summed E-state index contributed by atoms with van der Waals surface area (Å²) in [5.74, 6) is 0. The fraction of sp³-hybridized carbons (Fsp3) is 0.176. The lowest BCUT2D eigenvalue weighted by molar-refractivity contribution is -0.143. The van der Waals surface area contributed by atoms with Gasteiger partial charge in [0.15, 0.2) is 0 Å². The summed E-state index contributed by atoms with van der Waals surface area (Å²) >= 11 is 0. The predicted octanol–water partition coefficient (Wildman–Crippen LogP) is 5.80. The van der Waals surface area contributed by atoms with Crippen LogP contribution >= 0.6 is 0 Å². The summed E-state index contributed by atoms with van der Waals surface area (Å²) in [4.78, 5) is 2.98. The highest BCUT2D eigenvalue weighted by molar-refractivity contribution is 5.80. The van der Waals surface area contributed by atoms with E-state index >= 15 is 0 Å². The Morgan fingerprint density at radius 1 is 0.792 bits per heavy atom. The van der Waals surface area contributed by atoms with Crippen LogP contribution in [0.1, 0.15) is 22.4 Å². The third kappa shape index (κ3) is 3.25. The van der Waals surface area contributed by atoms with Crippen LogP contribution in [0.2, 0.25) is 0 Å². The Labute approximate surface area is 132 Å². The Kier molecular flexibility index (Phi) is 3.81. The molecule has 1 nitrogen and oxygen atoms in total. The van der Waals surface area contributed by atoms with E-state index in [2.05, 4.69) is 4.98 Å². The molecule has 0 atom stereocenters. The van der Waals surface area contributed by atoms with Crippen molar-refractivity contribution in [2.45, 2.75) is 18.8 Å². The molecule has 0 aliphatic carbocycles. The number of rotatable bonds is 2. The van der Waals surface area contributed by atoms with Crippen molar-refractivity contribution in [3.05, 3.63) is 70.9 Å². The summed E-state index contributed by atoms with van der Waals surface area (Å²) in [6, 6.07) is 10.6. The van der Waals surface area contributed by atoms with Crippen molar-refractivity contribution in [2.75, 3.05) is 0 Å². The van der Waals surface area contributed by atoms with Crippen molar-refractivity contribution in [1.82, 2.24) is 4.98 Å². The molecule has 0 bridgehead atoms. The van der Waals surface area contributed by atoms with Crippen LogP contribution in [0, 0.1) is 0 Å². The molecule has 3 aromatic rings. The Hall–Kier alpha value is -2.44. The highest BCUT2D eigenvalue weighted by Crippen LogP contribution is 2.38. The van der Waals surface area contributed by atoms with Gasteiger partial charge in [0.25, 0.3) is 0 Å². The summed E-state index contributed by atoms with van der Waals surface area (Å²) in [5.41, 5.74) is -1.53. The van der Waals surface area contributed by atoms with E-state index in [0.717, 1.165) is 17.0 Å². The van der Waals surface area contributed by atoms with Gasteiger partial charge in [0, 0.05) is 17.6 Å². The topological polar surface area (TPSA) is 15.8 Å². The molecule has 2 aromatic carbocycles. The van der Waals surface area contributed by atoms with Crippen LogP contribution in [0.4, 0.5) is 26.3 Å². The smallest absolute Gasteiger partial charge is 0.358 e. The molecule has 0 saturated carbocycles. The van der Waals surface area contributed by atoms with Crippen LogP contribution in [0.25, 0.3) is 10.9 Å². The Balaban J connectivity index is 2.03. The van der Waals surface area contributed by atoms with Gasteiger partial charge in [0.05, 0.1) is 11.1 Å². The van der Waals surface area contributed by atoms with Crippen LogP contribution in [0.5, 0.6) is 0 Å². The van der Waals surface area contributed by atoms with Crippen LogP contribution in [0.3, 0.4) is 0 Å². The number of halogens is 6. The summed E-state index contributed by atoms with van der Waals surface area (Å²) in [6.07, 6.45) is -9.82. The standard InChI is InChI=1S/C17H11F6N/c18-16(19,20)12-6-5-10(14(9-12)17(21,22)23)7-13-8-11-3-1-2-4-15(11)24-13/h1-6,8-9,24H,7H2. The number of hydrogen-bond donors (Lipinski definition) is 1. The van der Waals surface area contributed by atoms with Gasteiger partial charge in [-0.3, -0.25) is 0 Å². The second-order valence-electron chi connectivity index (χ2n) is 5.43. The molecule has 1 N–H and O–H groups in total. The molecule has 0 aliphatic rings. The molecule has 0 fully saturated rings. The number of aromatic nitrogens is 1. The lowest BCUT2D eigenvalue weighted by atomic mass is 9.99. The van der Waals surface area contributed by atoms with Gasteiger partial charge in [0.1, 0.15) is 0 Å². The van der Waals surface area contributed by atoms with Crippen LogP contribution in [0.15, 0.2) is 48.5 Å². The molecule has 0 aliphatic heterocycles. The molecule has 0 unspecified atom stereocenters. The van der Waals surface area contributed by atoms with Gasteiger partial charge in [-0.25, -0.2) is 0 Å². The van der Waals surface area contributed by atoms with Crippen molar-refractivity contribution in [3.63, 3.8) is 0 Å². The van der Waals surface area contributed by atoms with Gasteiger partial charge in [0.2, 0.25) is 0 Å². The van der Waals surface area contributed by atoms with Gasteiger partial charge in [-0.2, -0.15) is 26.3 Å². The highest BCUT2D eigenvalue weighted by atomic mass is 19.4. The molecular formula is C17H11F6N. The monoisotopic (exact) mass is 343 g/mol. The first-order valence-corrected chi connectivity index (χ1v) is 6.98. The normalized spacial score (nSPS) is 12.8. The SMILES string of the molecule is FC(F)(F)c1ccc(Cc2cc3ccccc3[nH]2)c(C(F)(F)F)c1. The van der Waals surface area contributed by atoms with Crippen molar-refractivity contribution >= 4 is 10.9 Å². The van der Waals surface area contributed by atoms with Gasteiger partial charge in [-0.1, -0.05) is 24.3 Å². The van der Waals surface area contributed by atoms with E-state index in [9.17, 15) is 26.3 Å². The minimum absolute atomic E-state index is 0.137. The lowest BCUT2D eigenvalue weighted by Crippen LogP contribution is -2.13. The molecule has 126 valence electrons. The molecule has 1 heterocycles. The lowest BCUT2D eigenvalue weighted by Gasteiger charge is -2.15. The minimum Gasteiger partial charge on any atom is -0.358 e. The van der Waals surface area contributed by atoms with Gasteiger partial charge < -0.3 is 4.98 Å².